The molecule has 2 aliphatic carbocycles. The summed E-state index contributed by atoms with van der Waals surface area (Å²) in [6.45, 7) is 0. The third kappa shape index (κ3) is 2.90. The van der Waals surface area contributed by atoms with Crippen LogP contribution in [0, 0.1) is 17.8 Å². The zero-order chi connectivity index (χ0) is 13.4. The Morgan fingerprint density at radius 2 is 2.05 bits per heavy atom. The molecule has 0 aromatic heterocycles. The lowest BCUT2D eigenvalue weighted by Crippen LogP contribution is -2.20. The molecule has 0 radical (unpaired) electrons. The molecule has 0 unspecified atom stereocenters. The van der Waals surface area contributed by atoms with Crippen molar-refractivity contribution < 1.29 is 4.79 Å². The van der Waals surface area contributed by atoms with Crippen LogP contribution < -0.4 is 5.32 Å². The number of halogens is 2. The van der Waals surface area contributed by atoms with E-state index < -0.39 is 0 Å². The first-order chi connectivity index (χ1) is 9.11. The van der Waals surface area contributed by atoms with Gasteiger partial charge in [-0.1, -0.05) is 29.6 Å². The Labute approximate surface area is 123 Å². The van der Waals surface area contributed by atoms with Crippen molar-refractivity contribution in [3.05, 3.63) is 28.2 Å². The molecule has 3 atom stereocenters. The molecule has 1 amide bonds. The quantitative estimate of drug-likeness (QED) is 0.856. The Balaban J connectivity index is 1.57. The Morgan fingerprint density at radius 3 is 2.68 bits per heavy atom. The molecule has 0 heterocycles. The number of nitrogens with one attached hydrogen (secondary N) is 1. The van der Waals surface area contributed by atoms with Crippen LogP contribution in [0.1, 0.15) is 32.1 Å². The van der Waals surface area contributed by atoms with Crippen LogP contribution in [-0.2, 0) is 4.79 Å². The second-order valence-electron chi connectivity index (χ2n) is 5.82. The SMILES string of the molecule is O=C(C[C@@H]1C[C@@H]2CC[C@H]1C2)Nc1ccc(Cl)c(Cl)c1. The normalized spacial score (nSPS) is 28.6. The highest BCUT2D eigenvalue weighted by atomic mass is 35.5. The minimum absolute atomic E-state index is 0.0935. The highest BCUT2D eigenvalue weighted by molar-refractivity contribution is 6.42. The van der Waals surface area contributed by atoms with Crippen LogP contribution in [0.4, 0.5) is 5.69 Å². The second-order valence-corrected chi connectivity index (χ2v) is 6.63. The number of hydrogen-bond acceptors (Lipinski definition) is 1. The number of hydrogen-bond donors (Lipinski definition) is 1. The molecule has 2 nitrogen and oxygen atoms in total. The van der Waals surface area contributed by atoms with E-state index >= 15 is 0 Å². The largest absolute Gasteiger partial charge is 0.326 e. The van der Waals surface area contributed by atoms with Crippen molar-refractivity contribution in [2.45, 2.75) is 32.1 Å². The monoisotopic (exact) mass is 297 g/mol. The summed E-state index contributed by atoms with van der Waals surface area (Å²) in [6.07, 6.45) is 5.90. The third-order valence-corrected chi connectivity index (χ3v) is 5.27. The lowest BCUT2D eigenvalue weighted by Gasteiger charge is -2.20. The van der Waals surface area contributed by atoms with E-state index in [0.29, 0.717) is 22.4 Å². The molecule has 0 spiro atoms. The molecule has 0 saturated heterocycles. The van der Waals surface area contributed by atoms with Gasteiger partial charge in [0.1, 0.15) is 0 Å². The Kier molecular flexibility index (Phi) is 3.72. The fourth-order valence-corrected chi connectivity index (χ4v) is 3.95. The predicted molar refractivity (Wildman–Crippen MR) is 78.6 cm³/mol. The Hall–Kier alpha value is -0.730. The molecule has 3 rings (SSSR count). The number of anilines is 1. The molecule has 2 aliphatic rings. The maximum absolute atomic E-state index is 12.1. The molecule has 2 bridgehead atoms. The summed E-state index contributed by atoms with van der Waals surface area (Å²) in [5.74, 6) is 2.34. The highest BCUT2D eigenvalue weighted by Crippen LogP contribution is 2.49. The summed E-state index contributed by atoms with van der Waals surface area (Å²) in [4.78, 5) is 12.1. The van der Waals surface area contributed by atoms with Crippen LogP contribution in [0.3, 0.4) is 0 Å². The molecule has 1 N–H and O–H groups in total. The minimum Gasteiger partial charge on any atom is -0.326 e. The molecule has 2 saturated carbocycles. The Bertz CT molecular complexity index is 503. The predicted octanol–water partition coefficient (Wildman–Crippen LogP) is 4.76. The van der Waals surface area contributed by atoms with Crippen molar-refractivity contribution in [1.29, 1.82) is 0 Å². The van der Waals surface area contributed by atoms with E-state index in [1.165, 1.54) is 25.7 Å². The van der Waals surface area contributed by atoms with Crippen molar-refractivity contribution in [3.8, 4) is 0 Å². The molecule has 19 heavy (non-hydrogen) atoms. The van der Waals surface area contributed by atoms with E-state index in [-0.39, 0.29) is 5.91 Å². The van der Waals surface area contributed by atoms with Gasteiger partial charge in [0.15, 0.2) is 0 Å². The van der Waals surface area contributed by atoms with E-state index in [4.69, 9.17) is 23.2 Å². The Morgan fingerprint density at radius 1 is 1.21 bits per heavy atom. The van der Waals surface area contributed by atoms with Crippen molar-refractivity contribution in [3.63, 3.8) is 0 Å². The first-order valence-corrected chi connectivity index (χ1v) is 7.62. The summed E-state index contributed by atoms with van der Waals surface area (Å²) < 4.78 is 0. The van der Waals surface area contributed by atoms with Gasteiger partial charge in [-0.2, -0.15) is 0 Å². The summed E-state index contributed by atoms with van der Waals surface area (Å²) in [7, 11) is 0. The van der Waals surface area contributed by atoms with E-state index in [1.54, 1.807) is 18.2 Å². The van der Waals surface area contributed by atoms with Gasteiger partial charge in [-0.15, -0.1) is 0 Å². The molecule has 1 aromatic rings. The fraction of sp³-hybridized carbons (Fsp3) is 0.533. The number of carbonyl (C=O) groups excluding carboxylic acids is 1. The molecule has 1 aromatic carbocycles. The van der Waals surface area contributed by atoms with Crippen LogP contribution in [0.2, 0.25) is 10.0 Å². The van der Waals surface area contributed by atoms with Crippen molar-refractivity contribution in [1.82, 2.24) is 0 Å². The van der Waals surface area contributed by atoms with Crippen molar-refractivity contribution in [2.75, 3.05) is 5.32 Å². The molecule has 4 heteroatoms. The molecule has 0 aliphatic heterocycles. The lowest BCUT2D eigenvalue weighted by molar-refractivity contribution is -0.117. The first-order valence-electron chi connectivity index (χ1n) is 6.86. The fourth-order valence-electron chi connectivity index (χ4n) is 3.65. The summed E-state index contributed by atoms with van der Waals surface area (Å²) in [6, 6.07) is 5.19. The van der Waals surface area contributed by atoms with Crippen LogP contribution in [0.5, 0.6) is 0 Å². The van der Waals surface area contributed by atoms with E-state index in [9.17, 15) is 4.79 Å². The molecular formula is C15H17Cl2NO. The standard InChI is InChI=1S/C15H17Cl2NO/c16-13-4-3-12(8-14(13)17)18-15(19)7-11-6-9-1-2-10(11)5-9/h3-4,8-11H,1-2,5-7H2,(H,18,19)/t9-,10+,11+/m1/s1. The van der Waals surface area contributed by atoms with Gasteiger partial charge in [-0.3, -0.25) is 4.79 Å². The zero-order valence-corrected chi connectivity index (χ0v) is 12.2. The number of carbonyl (C=O) groups is 1. The smallest absolute Gasteiger partial charge is 0.224 e. The van der Waals surface area contributed by atoms with Gasteiger partial charge in [0.2, 0.25) is 5.91 Å². The molecule has 102 valence electrons. The van der Waals surface area contributed by atoms with Gasteiger partial charge >= 0.3 is 0 Å². The third-order valence-electron chi connectivity index (χ3n) is 4.54. The second kappa shape index (κ2) is 5.34. The number of fused-ring (bicyclic) bond motifs is 2. The highest BCUT2D eigenvalue weighted by Gasteiger charge is 2.40. The topological polar surface area (TPSA) is 29.1 Å². The summed E-state index contributed by atoms with van der Waals surface area (Å²) in [5, 5.41) is 3.89. The van der Waals surface area contributed by atoms with Crippen molar-refractivity contribution >= 4 is 34.8 Å². The van der Waals surface area contributed by atoms with Gasteiger partial charge in [0, 0.05) is 12.1 Å². The van der Waals surface area contributed by atoms with E-state index in [0.717, 1.165) is 17.5 Å². The van der Waals surface area contributed by atoms with Gasteiger partial charge in [0.05, 0.1) is 10.0 Å². The number of benzene rings is 1. The maximum atomic E-state index is 12.1. The first kappa shape index (κ1) is 13.3. The van der Waals surface area contributed by atoms with Gasteiger partial charge in [-0.25, -0.2) is 0 Å². The van der Waals surface area contributed by atoms with Gasteiger partial charge in [-0.05, 0) is 55.2 Å². The summed E-state index contributed by atoms with van der Waals surface area (Å²) >= 11 is 11.8. The van der Waals surface area contributed by atoms with E-state index in [2.05, 4.69) is 5.32 Å². The van der Waals surface area contributed by atoms with Crippen LogP contribution in [0.15, 0.2) is 18.2 Å². The molecule has 2 fully saturated rings. The molecular weight excluding hydrogens is 281 g/mol. The van der Waals surface area contributed by atoms with Crippen molar-refractivity contribution in [2.24, 2.45) is 17.8 Å². The maximum Gasteiger partial charge on any atom is 0.224 e. The number of rotatable bonds is 3. The van der Waals surface area contributed by atoms with Crippen LogP contribution in [0.25, 0.3) is 0 Å². The van der Waals surface area contributed by atoms with Crippen LogP contribution >= 0.6 is 23.2 Å². The average molecular weight is 298 g/mol. The lowest BCUT2D eigenvalue weighted by atomic mass is 9.86. The number of amides is 1. The van der Waals surface area contributed by atoms with E-state index in [1.807, 2.05) is 0 Å². The zero-order valence-electron chi connectivity index (χ0n) is 10.7. The summed E-state index contributed by atoms with van der Waals surface area (Å²) in [5.41, 5.74) is 0.725. The van der Waals surface area contributed by atoms with Crippen LogP contribution in [-0.4, -0.2) is 5.91 Å². The average Bonchev–Trinajstić information content (AvgIpc) is 2.96. The minimum atomic E-state index is 0.0935. The van der Waals surface area contributed by atoms with Gasteiger partial charge < -0.3 is 5.32 Å². The van der Waals surface area contributed by atoms with Gasteiger partial charge in [0.25, 0.3) is 0 Å².